The Morgan fingerprint density at radius 2 is 2.00 bits per heavy atom. The van der Waals surface area contributed by atoms with Crippen LogP contribution in [0.3, 0.4) is 0 Å². The summed E-state index contributed by atoms with van der Waals surface area (Å²) in [6.45, 7) is 3.05. The molecule has 0 aromatic carbocycles. The summed E-state index contributed by atoms with van der Waals surface area (Å²) in [5.74, 6) is 1.64. The number of pyridine rings is 2. The van der Waals surface area contributed by atoms with Crippen LogP contribution in [0.15, 0.2) is 41.6 Å². The van der Waals surface area contributed by atoms with Crippen LogP contribution in [0.2, 0.25) is 5.02 Å². The number of rotatable bonds is 6. The van der Waals surface area contributed by atoms with Gasteiger partial charge in [-0.1, -0.05) is 18.5 Å². The fourth-order valence-corrected chi connectivity index (χ4v) is 2.61. The highest BCUT2D eigenvalue weighted by Gasteiger charge is 2.05. The Labute approximate surface area is 122 Å². The molecule has 2 aromatic heterocycles. The first-order chi connectivity index (χ1) is 9.29. The minimum atomic E-state index is 0.712. The van der Waals surface area contributed by atoms with Gasteiger partial charge in [-0.15, -0.1) is 11.8 Å². The standard InChI is InChI=1S/C14H16ClN3S/c1-2-7-17-14-4-3-12(15)13(18-14)10-19-11-5-8-16-9-6-11/h3-6,8-9H,2,7,10H2,1H3,(H,17,18). The molecular weight excluding hydrogens is 278 g/mol. The lowest BCUT2D eigenvalue weighted by Crippen LogP contribution is -2.03. The van der Waals surface area contributed by atoms with Gasteiger partial charge in [0.05, 0.1) is 10.7 Å². The van der Waals surface area contributed by atoms with Gasteiger partial charge in [-0.25, -0.2) is 4.98 Å². The van der Waals surface area contributed by atoms with E-state index in [1.54, 1.807) is 24.2 Å². The van der Waals surface area contributed by atoms with E-state index in [0.717, 1.165) is 30.2 Å². The van der Waals surface area contributed by atoms with E-state index >= 15 is 0 Å². The molecule has 0 atom stereocenters. The van der Waals surface area contributed by atoms with E-state index in [1.165, 1.54) is 4.90 Å². The fourth-order valence-electron chi connectivity index (χ4n) is 1.52. The highest BCUT2D eigenvalue weighted by Crippen LogP contribution is 2.26. The van der Waals surface area contributed by atoms with Gasteiger partial charge in [0.1, 0.15) is 5.82 Å². The molecule has 2 aromatic rings. The van der Waals surface area contributed by atoms with Crippen molar-refractivity contribution in [2.45, 2.75) is 24.0 Å². The van der Waals surface area contributed by atoms with Crippen molar-refractivity contribution in [3.8, 4) is 0 Å². The van der Waals surface area contributed by atoms with E-state index in [0.29, 0.717) is 5.02 Å². The Morgan fingerprint density at radius 1 is 1.21 bits per heavy atom. The van der Waals surface area contributed by atoms with Crippen molar-refractivity contribution in [2.75, 3.05) is 11.9 Å². The summed E-state index contributed by atoms with van der Waals surface area (Å²) in [6.07, 6.45) is 4.65. The van der Waals surface area contributed by atoms with Crippen LogP contribution in [0, 0.1) is 0 Å². The van der Waals surface area contributed by atoms with Gasteiger partial charge in [0.2, 0.25) is 0 Å². The lowest BCUT2D eigenvalue weighted by Gasteiger charge is -2.08. The first-order valence-corrected chi connectivity index (χ1v) is 7.58. The molecular formula is C14H16ClN3S. The number of nitrogens with one attached hydrogen (secondary N) is 1. The summed E-state index contributed by atoms with van der Waals surface area (Å²) in [5, 5.41) is 3.98. The number of anilines is 1. The number of aromatic nitrogens is 2. The second-order valence-corrected chi connectivity index (χ2v) is 5.48. The van der Waals surface area contributed by atoms with Gasteiger partial charge in [-0.3, -0.25) is 4.98 Å². The zero-order valence-electron chi connectivity index (χ0n) is 10.8. The van der Waals surface area contributed by atoms with E-state index in [2.05, 4.69) is 22.2 Å². The largest absolute Gasteiger partial charge is 0.370 e. The predicted octanol–water partition coefficient (Wildman–Crippen LogP) is 4.24. The molecule has 100 valence electrons. The van der Waals surface area contributed by atoms with Crippen molar-refractivity contribution in [1.29, 1.82) is 0 Å². The number of hydrogen-bond acceptors (Lipinski definition) is 4. The summed E-state index contributed by atoms with van der Waals surface area (Å²) in [7, 11) is 0. The monoisotopic (exact) mass is 293 g/mol. The van der Waals surface area contributed by atoms with E-state index in [-0.39, 0.29) is 0 Å². The third kappa shape index (κ3) is 4.40. The quantitative estimate of drug-likeness (QED) is 0.808. The predicted molar refractivity (Wildman–Crippen MR) is 81.8 cm³/mol. The molecule has 0 radical (unpaired) electrons. The van der Waals surface area contributed by atoms with Gasteiger partial charge in [0.25, 0.3) is 0 Å². The number of nitrogens with zero attached hydrogens (tertiary/aromatic N) is 2. The molecule has 0 saturated heterocycles. The molecule has 0 aliphatic heterocycles. The first kappa shape index (κ1) is 14.2. The van der Waals surface area contributed by atoms with Gasteiger partial charge in [0.15, 0.2) is 0 Å². The van der Waals surface area contributed by atoms with E-state index in [9.17, 15) is 0 Å². The maximum Gasteiger partial charge on any atom is 0.126 e. The van der Waals surface area contributed by atoms with Crippen molar-refractivity contribution >= 4 is 29.2 Å². The Hall–Kier alpha value is -1.26. The van der Waals surface area contributed by atoms with Crippen LogP contribution in [0.1, 0.15) is 19.0 Å². The average molecular weight is 294 g/mol. The molecule has 0 aliphatic rings. The van der Waals surface area contributed by atoms with Crippen molar-refractivity contribution in [3.63, 3.8) is 0 Å². The second-order valence-electron chi connectivity index (χ2n) is 4.02. The lowest BCUT2D eigenvalue weighted by atomic mass is 10.3. The zero-order valence-corrected chi connectivity index (χ0v) is 12.3. The van der Waals surface area contributed by atoms with E-state index in [1.807, 2.05) is 24.3 Å². The SMILES string of the molecule is CCCNc1ccc(Cl)c(CSc2ccncc2)n1. The molecule has 0 unspecified atom stereocenters. The number of hydrogen-bond donors (Lipinski definition) is 1. The van der Waals surface area contributed by atoms with Crippen molar-refractivity contribution < 1.29 is 0 Å². The van der Waals surface area contributed by atoms with Gasteiger partial charge < -0.3 is 5.32 Å². The average Bonchev–Trinajstić information content (AvgIpc) is 2.46. The summed E-state index contributed by atoms with van der Waals surface area (Å²) in [6, 6.07) is 7.78. The van der Waals surface area contributed by atoms with Crippen molar-refractivity contribution in [2.24, 2.45) is 0 Å². The normalized spacial score (nSPS) is 10.4. The Kier molecular flexibility index (Phi) is 5.48. The molecule has 2 rings (SSSR count). The maximum atomic E-state index is 6.18. The Morgan fingerprint density at radius 3 is 2.74 bits per heavy atom. The molecule has 19 heavy (non-hydrogen) atoms. The minimum absolute atomic E-state index is 0.712. The molecule has 0 saturated carbocycles. The van der Waals surface area contributed by atoms with Gasteiger partial charge in [-0.2, -0.15) is 0 Å². The molecule has 0 bridgehead atoms. The zero-order chi connectivity index (χ0) is 13.5. The van der Waals surface area contributed by atoms with E-state index in [4.69, 9.17) is 11.6 Å². The highest BCUT2D eigenvalue weighted by atomic mass is 35.5. The van der Waals surface area contributed by atoms with Gasteiger partial charge >= 0.3 is 0 Å². The Balaban J connectivity index is 2.02. The molecule has 2 heterocycles. The molecule has 0 amide bonds. The molecule has 1 N–H and O–H groups in total. The first-order valence-electron chi connectivity index (χ1n) is 6.21. The van der Waals surface area contributed by atoms with Crippen LogP contribution in [-0.2, 0) is 5.75 Å². The minimum Gasteiger partial charge on any atom is -0.370 e. The maximum absolute atomic E-state index is 6.18. The van der Waals surface area contributed by atoms with Crippen LogP contribution in [0.4, 0.5) is 5.82 Å². The highest BCUT2D eigenvalue weighted by molar-refractivity contribution is 7.98. The van der Waals surface area contributed by atoms with Crippen molar-refractivity contribution in [3.05, 3.63) is 47.4 Å². The summed E-state index contributed by atoms with van der Waals surface area (Å²) in [5.41, 5.74) is 0.907. The third-order valence-electron chi connectivity index (χ3n) is 2.50. The van der Waals surface area contributed by atoms with Crippen LogP contribution in [0.25, 0.3) is 0 Å². The van der Waals surface area contributed by atoms with Gasteiger partial charge in [0, 0.05) is 29.6 Å². The summed E-state index contributed by atoms with van der Waals surface area (Å²) >= 11 is 7.89. The molecule has 3 nitrogen and oxygen atoms in total. The van der Waals surface area contributed by atoms with Crippen LogP contribution >= 0.6 is 23.4 Å². The number of thioether (sulfide) groups is 1. The van der Waals surface area contributed by atoms with Crippen LogP contribution in [-0.4, -0.2) is 16.5 Å². The smallest absolute Gasteiger partial charge is 0.126 e. The summed E-state index contributed by atoms with van der Waals surface area (Å²) in [4.78, 5) is 9.71. The molecule has 0 spiro atoms. The third-order valence-corrected chi connectivity index (χ3v) is 3.87. The topological polar surface area (TPSA) is 37.8 Å². The second kappa shape index (κ2) is 7.36. The van der Waals surface area contributed by atoms with E-state index < -0.39 is 0 Å². The molecule has 0 aliphatic carbocycles. The number of halogens is 1. The molecule has 5 heteroatoms. The summed E-state index contributed by atoms with van der Waals surface area (Å²) < 4.78 is 0. The fraction of sp³-hybridized carbons (Fsp3) is 0.286. The lowest BCUT2D eigenvalue weighted by molar-refractivity contribution is 0.965. The van der Waals surface area contributed by atoms with Crippen LogP contribution in [0.5, 0.6) is 0 Å². The molecule has 0 fully saturated rings. The van der Waals surface area contributed by atoms with Crippen LogP contribution < -0.4 is 5.32 Å². The Bertz CT molecular complexity index is 519. The van der Waals surface area contributed by atoms with Crippen molar-refractivity contribution in [1.82, 2.24) is 9.97 Å². The van der Waals surface area contributed by atoms with Gasteiger partial charge in [-0.05, 0) is 30.7 Å².